The van der Waals surface area contributed by atoms with Crippen LogP contribution in [0, 0.1) is 0 Å². The van der Waals surface area contributed by atoms with E-state index >= 15 is 0 Å². The zero-order valence-corrected chi connectivity index (χ0v) is 13.0. The highest BCUT2D eigenvalue weighted by Gasteiger charge is 2.30. The Balaban J connectivity index is 3.09. The minimum absolute atomic E-state index is 0.0982. The molecule has 0 bridgehead atoms. The molecule has 9 heteroatoms. The second-order valence-electron chi connectivity index (χ2n) is 4.47. The van der Waals surface area contributed by atoms with Gasteiger partial charge in [-0.15, -0.1) is 0 Å². The van der Waals surface area contributed by atoms with Crippen molar-refractivity contribution >= 4 is 16.0 Å². The number of carboxylic acid groups (broad SMARTS) is 1. The number of carbonyl (C=O) groups is 1. The Labute approximate surface area is 123 Å². The van der Waals surface area contributed by atoms with Crippen molar-refractivity contribution in [3.63, 3.8) is 0 Å². The number of aromatic carboxylic acids is 1. The number of hydrogen-bond acceptors (Lipinski definition) is 5. The first kappa shape index (κ1) is 17.6. The Morgan fingerprint density at radius 2 is 2.10 bits per heavy atom. The van der Waals surface area contributed by atoms with Crippen molar-refractivity contribution in [3.8, 4) is 0 Å². The van der Waals surface area contributed by atoms with E-state index in [2.05, 4.69) is 4.98 Å². The standard InChI is InChI=1S/C12H20N2O6S/c1-9(8-20-3)14(4-5-19-2)21(17,18)10-6-11(12(15)16)13-7-10/h6-7,9,13H,4-5,8H2,1-3H3,(H,15,16). The number of carboxylic acids is 1. The number of ether oxygens (including phenoxy) is 2. The normalized spacial score (nSPS) is 13.5. The number of aromatic nitrogens is 1. The maximum Gasteiger partial charge on any atom is 0.352 e. The van der Waals surface area contributed by atoms with Crippen molar-refractivity contribution in [3.05, 3.63) is 18.0 Å². The van der Waals surface area contributed by atoms with Crippen LogP contribution in [0.25, 0.3) is 0 Å². The van der Waals surface area contributed by atoms with Gasteiger partial charge in [0, 0.05) is 33.0 Å². The van der Waals surface area contributed by atoms with E-state index in [1.807, 2.05) is 0 Å². The first-order valence-electron chi connectivity index (χ1n) is 6.26. The monoisotopic (exact) mass is 320 g/mol. The molecule has 8 nitrogen and oxygen atoms in total. The Bertz CT molecular complexity index is 568. The minimum atomic E-state index is -3.83. The third-order valence-electron chi connectivity index (χ3n) is 2.91. The Hall–Kier alpha value is -1.42. The van der Waals surface area contributed by atoms with Gasteiger partial charge in [0.15, 0.2) is 0 Å². The molecular weight excluding hydrogens is 300 g/mol. The van der Waals surface area contributed by atoms with Gasteiger partial charge in [-0.2, -0.15) is 4.31 Å². The lowest BCUT2D eigenvalue weighted by Crippen LogP contribution is -2.42. The quantitative estimate of drug-likeness (QED) is 0.681. The predicted octanol–water partition coefficient (Wildman–Crippen LogP) is 0.385. The summed E-state index contributed by atoms with van der Waals surface area (Å²) in [7, 11) is -0.869. The van der Waals surface area contributed by atoms with E-state index < -0.39 is 22.0 Å². The molecule has 0 fully saturated rings. The van der Waals surface area contributed by atoms with Gasteiger partial charge in [0.25, 0.3) is 0 Å². The zero-order chi connectivity index (χ0) is 16.0. The highest BCUT2D eigenvalue weighted by Crippen LogP contribution is 2.19. The minimum Gasteiger partial charge on any atom is -0.477 e. The van der Waals surface area contributed by atoms with Crippen LogP contribution in [0.4, 0.5) is 0 Å². The van der Waals surface area contributed by atoms with Gasteiger partial charge in [0.2, 0.25) is 10.0 Å². The van der Waals surface area contributed by atoms with Gasteiger partial charge in [0.1, 0.15) is 10.6 Å². The average Bonchev–Trinajstić information content (AvgIpc) is 2.89. The van der Waals surface area contributed by atoms with Crippen LogP contribution in [-0.2, 0) is 19.5 Å². The first-order chi connectivity index (χ1) is 9.84. The van der Waals surface area contributed by atoms with Gasteiger partial charge < -0.3 is 19.6 Å². The predicted molar refractivity (Wildman–Crippen MR) is 74.9 cm³/mol. The summed E-state index contributed by atoms with van der Waals surface area (Å²) in [5.41, 5.74) is -0.181. The lowest BCUT2D eigenvalue weighted by Gasteiger charge is -2.27. The van der Waals surface area contributed by atoms with Crippen LogP contribution in [0.3, 0.4) is 0 Å². The molecule has 0 radical (unpaired) electrons. The summed E-state index contributed by atoms with van der Waals surface area (Å²) < 4.78 is 36.3. The van der Waals surface area contributed by atoms with E-state index in [9.17, 15) is 13.2 Å². The van der Waals surface area contributed by atoms with E-state index in [4.69, 9.17) is 14.6 Å². The molecule has 1 aromatic rings. The van der Waals surface area contributed by atoms with Crippen LogP contribution in [-0.4, -0.2) is 68.8 Å². The van der Waals surface area contributed by atoms with Gasteiger partial charge in [-0.3, -0.25) is 0 Å². The van der Waals surface area contributed by atoms with Crippen LogP contribution in [0.5, 0.6) is 0 Å². The Morgan fingerprint density at radius 3 is 2.57 bits per heavy atom. The molecule has 1 heterocycles. The van der Waals surface area contributed by atoms with Crippen LogP contribution in [0.2, 0.25) is 0 Å². The maximum absolute atomic E-state index is 12.6. The second kappa shape index (κ2) is 7.55. The van der Waals surface area contributed by atoms with Crippen molar-refractivity contribution in [1.29, 1.82) is 0 Å². The van der Waals surface area contributed by atoms with Gasteiger partial charge >= 0.3 is 5.97 Å². The summed E-state index contributed by atoms with van der Waals surface area (Å²) >= 11 is 0. The van der Waals surface area contributed by atoms with Gasteiger partial charge in [-0.25, -0.2) is 13.2 Å². The summed E-state index contributed by atoms with van der Waals surface area (Å²) in [6.45, 7) is 2.31. The van der Waals surface area contributed by atoms with Crippen LogP contribution in [0.15, 0.2) is 17.2 Å². The van der Waals surface area contributed by atoms with Crippen molar-refractivity contribution in [2.45, 2.75) is 17.9 Å². The highest BCUT2D eigenvalue weighted by atomic mass is 32.2. The van der Waals surface area contributed by atoms with Crippen molar-refractivity contribution < 1.29 is 27.8 Å². The van der Waals surface area contributed by atoms with E-state index in [-0.39, 0.29) is 30.3 Å². The van der Waals surface area contributed by atoms with E-state index in [1.165, 1.54) is 18.5 Å². The summed E-state index contributed by atoms with van der Waals surface area (Å²) in [5.74, 6) is -1.22. The van der Waals surface area contributed by atoms with Crippen LogP contribution >= 0.6 is 0 Å². The fourth-order valence-corrected chi connectivity index (χ4v) is 3.46. The largest absolute Gasteiger partial charge is 0.477 e. The van der Waals surface area contributed by atoms with Gasteiger partial charge in [-0.05, 0) is 13.0 Å². The number of sulfonamides is 1. The number of nitrogens with zero attached hydrogens (tertiary/aromatic N) is 1. The SMILES string of the molecule is COCCN(C(C)COC)S(=O)(=O)c1c[nH]c(C(=O)O)c1. The maximum atomic E-state index is 12.6. The van der Waals surface area contributed by atoms with Crippen LogP contribution in [0.1, 0.15) is 17.4 Å². The van der Waals surface area contributed by atoms with Crippen molar-refractivity contribution in [1.82, 2.24) is 9.29 Å². The molecule has 0 aliphatic heterocycles. The number of methoxy groups -OCH3 is 2. The Morgan fingerprint density at radius 1 is 1.43 bits per heavy atom. The van der Waals surface area contributed by atoms with Gasteiger partial charge in [-0.1, -0.05) is 0 Å². The molecule has 0 aliphatic rings. The number of nitrogens with one attached hydrogen (secondary N) is 1. The molecule has 0 saturated heterocycles. The molecule has 0 saturated carbocycles. The summed E-state index contributed by atoms with van der Waals surface area (Å²) in [5, 5.41) is 8.86. The molecule has 1 unspecified atom stereocenters. The number of rotatable bonds is 9. The highest BCUT2D eigenvalue weighted by molar-refractivity contribution is 7.89. The van der Waals surface area contributed by atoms with E-state index in [0.29, 0.717) is 0 Å². The lowest BCUT2D eigenvalue weighted by atomic mass is 10.3. The second-order valence-corrected chi connectivity index (χ2v) is 6.36. The number of hydrogen-bond donors (Lipinski definition) is 2. The number of H-pyrrole nitrogens is 1. The smallest absolute Gasteiger partial charge is 0.352 e. The zero-order valence-electron chi connectivity index (χ0n) is 12.2. The lowest BCUT2D eigenvalue weighted by molar-refractivity contribution is 0.0691. The fourth-order valence-electron chi connectivity index (χ4n) is 1.87. The molecule has 0 spiro atoms. The molecule has 1 atom stereocenters. The first-order valence-corrected chi connectivity index (χ1v) is 7.70. The summed E-state index contributed by atoms with van der Waals surface area (Å²) in [6, 6.07) is 0.690. The molecule has 1 aromatic heterocycles. The average molecular weight is 320 g/mol. The molecule has 0 aliphatic carbocycles. The van der Waals surface area contributed by atoms with Crippen molar-refractivity contribution in [2.24, 2.45) is 0 Å². The molecule has 120 valence electrons. The molecular formula is C12H20N2O6S. The molecule has 0 amide bonds. The number of aromatic amines is 1. The topological polar surface area (TPSA) is 109 Å². The summed E-state index contributed by atoms with van der Waals surface area (Å²) in [6.07, 6.45) is 1.16. The third kappa shape index (κ3) is 4.27. The third-order valence-corrected chi connectivity index (χ3v) is 4.90. The molecule has 21 heavy (non-hydrogen) atoms. The molecule has 0 aromatic carbocycles. The molecule has 1 rings (SSSR count). The fraction of sp³-hybridized carbons (Fsp3) is 0.583. The van der Waals surface area contributed by atoms with E-state index in [1.54, 1.807) is 6.92 Å². The van der Waals surface area contributed by atoms with Crippen molar-refractivity contribution in [2.75, 3.05) is 34.0 Å². The van der Waals surface area contributed by atoms with Gasteiger partial charge in [0.05, 0.1) is 13.2 Å². The molecule has 2 N–H and O–H groups in total. The summed E-state index contributed by atoms with van der Waals surface area (Å²) in [4.78, 5) is 13.2. The Kier molecular flexibility index (Phi) is 6.34. The van der Waals surface area contributed by atoms with Crippen LogP contribution < -0.4 is 0 Å². The van der Waals surface area contributed by atoms with E-state index in [0.717, 1.165) is 12.3 Å².